The summed E-state index contributed by atoms with van der Waals surface area (Å²) < 4.78 is 30.5. The Morgan fingerprint density at radius 2 is 0.564 bits per heavy atom. The number of ether oxygens (including phenoxy) is 6. The Labute approximate surface area is 227 Å². The van der Waals surface area contributed by atoms with Gasteiger partial charge in [-0.15, -0.1) is 0 Å². The lowest BCUT2D eigenvalue weighted by atomic mass is 10.2. The minimum atomic E-state index is -1.66. The van der Waals surface area contributed by atoms with E-state index < -0.39 is 53.9 Å². The number of carbonyl (C=O) groups is 6. The molecule has 0 radical (unpaired) electrons. The van der Waals surface area contributed by atoms with Crippen LogP contribution in [-0.2, 0) is 57.2 Å². The normalized spacial score (nSPS) is 14.7. The first kappa shape index (κ1) is 33.7. The Kier molecular flexibility index (Phi) is 15.0. The summed E-state index contributed by atoms with van der Waals surface area (Å²) in [4.78, 5) is 80.9. The molecule has 1 rings (SSSR count). The van der Waals surface area contributed by atoms with E-state index >= 15 is 0 Å². The maximum absolute atomic E-state index is 12.9. The number of hydrogen-bond acceptors (Lipinski definition) is 15. The Bertz CT molecular complexity index is 698. The van der Waals surface area contributed by atoms with Gasteiger partial charge in [-0.3, -0.25) is 14.7 Å². The van der Waals surface area contributed by atoms with Gasteiger partial charge < -0.3 is 28.4 Å². The molecular formula is C24H39N3O12. The average molecular weight is 562 g/mol. The summed E-state index contributed by atoms with van der Waals surface area (Å²) in [7, 11) is 0. The molecule has 0 unspecified atom stereocenters. The zero-order valence-electron chi connectivity index (χ0n) is 23.3. The highest BCUT2D eigenvalue weighted by Gasteiger charge is 2.48. The van der Waals surface area contributed by atoms with Gasteiger partial charge in [0.05, 0.1) is 59.6 Å². The number of nitrogens with zero attached hydrogens (tertiary/aromatic N) is 3. The minimum absolute atomic E-state index is 0.0570. The van der Waals surface area contributed by atoms with Crippen molar-refractivity contribution in [3.63, 3.8) is 0 Å². The van der Waals surface area contributed by atoms with Crippen molar-refractivity contribution in [3.05, 3.63) is 0 Å². The van der Waals surface area contributed by atoms with Crippen LogP contribution >= 0.6 is 0 Å². The minimum Gasteiger partial charge on any atom is -0.464 e. The van der Waals surface area contributed by atoms with E-state index in [0.717, 1.165) is 0 Å². The molecule has 0 amide bonds. The topological polar surface area (TPSA) is 168 Å². The molecule has 1 aliphatic rings. The number of hydrogen-bond donors (Lipinski definition) is 0. The molecule has 0 aromatic heterocycles. The molecule has 0 saturated carbocycles. The van der Waals surface area contributed by atoms with Crippen molar-refractivity contribution in [2.24, 2.45) is 0 Å². The second-order valence-corrected chi connectivity index (χ2v) is 7.91. The van der Waals surface area contributed by atoms with E-state index in [1.807, 2.05) is 0 Å². The van der Waals surface area contributed by atoms with E-state index in [1.54, 1.807) is 41.5 Å². The first-order valence-electron chi connectivity index (χ1n) is 12.8. The third kappa shape index (κ3) is 9.44. The molecule has 0 aromatic rings. The summed E-state index contributed by atoms with van der Waals surface area (Å²) in [5.74, 6) is -5.80. The lowest BCUT2D eigenvalue weighted by molar-refractivity contribution is -0.184. The van der Waals surface area contributed by atoms with Gasteiger partial charge in [-0.1, -0.05) is 0 Å². The molecule has 15 nitrogen and oxygen atoms in total. The van der Waals surface area contributed by atoms with Gasteiger partial charge in [-0.05, 0) is 41.5 Å². The van der Waals surface area contributed by atoms with E-state index in [4.69, 9.17) is 28.4 Å². The molecular weight excluding hydrogens is 522 g/mol. The van der Waals surface area contributed by atoms with E-state index in [1.165, 1.54) is 14.7 Å². The fourth-order valence-corrected chi connectivity index (χ4v) is 3.83. The maximum atomic E-state index is 12.9. The molecule has 15 heteroatoms. The standard InChI is InChI=1S/C24H39N3O12/c1-7-34-19(28)16(20(29)35-8-2)25-13-26(17(21(30)36-9-3)22(31)37-10-4)15-27(14-25)18(23(32)38-11-5)24(33)39-12-6/h16-18H,7-15H2,1-6H3. The largest absolute Gasteiger partial charge is 0.464 e. The molecule has 0 aliphatic carbocycles. The predicted molar refractivity (Wildman–Crippen MR) is 131 cm³/mol. The lowest BCUT2D eigenvalue weighted by Crippen LogP contribution is -2.68. The van der Waals surface area contributed by atoms with Crippen LogP contribution in [0.1, 0.15) is 41.5 Å². The average Bonchev–Trinajstić information content (AvgIpc) is 2.85. The van der Waals surface area contributed by atoms with Crippen LogP contribution in [0.25, 0.3) is 0 Å². The molecule has 0 N–H and O–H groups in total. The van der Waals surface area contributed by atoms with Crippen molar-refractivity contribution < 1.29 is 57.2 Å². The fraction of sp³-hybridized carbons (Fsp3) is 0.750. The zero-order chi connectivity index (χ0) is 29.5. The third-order valence-corrected chi connectivity index (χ3v) is 5.24. The lowest BCUT2D eigenvalue weighted by Gasteiger charge is -2.46. The summed E-state index contributed by atoms with van der Waals surface area (Å²) in [6.45, 7) is 7.89. The van der Waals surface area contributed by atoms with Crippen LogP contribution < -0.4 is 0 Å². The van der Waals surface area contributed by atoms with Gasteiger partial charge in [0.1, 0.15) is 0 Å². The number of rotatable bonds is 15. The molecule has 0 aromatic carbocycles. The van der Waals surface area contributed by atoms with Crippen LogP contribution in [0, 0.1) is 0 Å². The maximum Gasteiger partial charge on any atom is 0.335 e. The Hall–Kier alpha value is -3.30. The van der Waals surface area contributed by atoms with Gasteiger partial charge in [0.15, 0.2) is 0 Å². The van der Waals surface area contributed by atoms with Gasteiger partial charge in [0.2, 0.25) is 18.1 Å². The smallest absolute Gasteiger partial charge is 0.335 e. The highest BCUT2D eigenvalue weighted by molar-refractivity contribution is 6.01. The first-order chi connectivity index (χ1) is 18.6. The van der Waals surface area contributed by atoms with Crippen LogP contribution in [-0.4, -0.2) is 128 Å². The third-order valence-electron chi connectivity index (χ3n) is 5.24. The summed E-state index contributed by atoms with van der Waals surface area (Å²) in [5, 5.41) is 0. The van der Waals surface area contributed by atoms with E-state index in [-0.39, 0.29) is 59.6 Å². The molecule has 222 valence electrons. The molecule has 39 heavy (non-hydrogen) atoms. The van der Waals surface area contributed by atoms with Crippen molar-refractivity contribution in [3.8, 4) is 0 Å². The summed E-state index contributed by atoms with van der Waals surface area (Å²) >= 11 is 0. The van der Waals surface area contributed by atoms with Crippen molar-refractivity contribution in [1.82, 2.24) is 14.7 Å². The quantitative estimate of drug-likeness (QED) is 0.139. The van der Waals surface area contributed by atoms with E-state index in [9.17, 15) is 28.8 Å². The molecule has 0 atom stereocenters. The van der Waals surface area contributed by atoms with Gasteiger partial charge in [-0.2, -0.15) is 0 Å². The highest BCUT2D eigenvalue weighted by atomic mass is 16.6. The summed E-state index contributed by atoms with van der Waals surface area (Å²) in [6, 6.07) is -4.99. The van der Waals surface area contributed by atoms with Gasteiger partial charge in [-0.25, -0.2) is 28.8 Å². The number of carbonyl (C=O) groups excluding carboxylic acids is 6. The first-order valence-corrected chi connectivity index (χ1v) is 12.8. The predicted octanol–water partition coefficient (Wildman–Crippen LogP) is -0.737. The zero-order valence-corrected chi connectivity index (χ0v) is 23.3. The van der Waals surface area contributed by atoms with Crippen molar-refractivity contribution >= 4 is 35.8 Å². The van der Waals surface area contributed by atoms with E-state index in [2.05, 4.69) is 0 Å². The van der Waals surface area contributed by atoms with Gasteiger partial charge in [0, 0.05) is 0 Å². The molecule has 1 fully saturated rings. The van der Waals surface area contributed by atoms with Crippen LogP contribution in [0.5, 0.6) is 0 Å². The summed E-state index contributed by atoms with van der Waals surface area (Å²) in [5.41, 5.74) is 0. The second-order valence-electron chi connectivity index (χ2n) is 7.91. The van der Waals surface area contributed by atoms with Crippen LogP contribution in [0.2, 0.25) is 0 Å². The second kappa shape index (κ2) is 17.3. The fourth-order valence-electron chi connectivity index (χ4n) is 3.83. The highest BCUT2D eigenvalue weighted by Crippen LogP contribution is 2.21. The molecule has 1 aliphatic heterocycles. The van der Waals surface area contributed by atoms with Crippen molar-refractivity contribution in [1.29, 1.82) is 0 Å². The van der Waals surface area contributed by atoms with Crippen molar-refractivity contribution in [2.75, 3.05) is 59.6 Å². The van der Waals surface area contributed by atoms with Gasteiger partial charge >= 0.3 is 35.8 Å². The number of esters is 6. The van der Waals surface area contributed by atoms with Crippen LogP contribution in [0.4, 0.5) is 0 Å². The Balaban J connectivity index is 3.69. The summed E-state index contributed by atoms with van der Waals surface area (Å²) in [6.07, 6.45) is 0. The van der Waals surface area contributed by atoms with E-state index in [0.29, 0.717) is 0 Å². The molecule has 0 bridgehead atoms. The SMILES string of the molecule is CCOC(=O)C(C(=O)OCC)N1CN(C(C(=O)OCC)C(=O)OCC)CN(C(C(=O)OCC)C(=O)OCC)C1. The molecule has 0 spiro atoms. The van der Waals surface area contributed by atoms with Gasteiger partial charge in [0.25, 0.3) is 0 Å². The molecule has 1 saturated heterocycles. The van der Waals surface area contributed by atoms with Crippen LogP contribution in [0.15, 0.2) is 0 Å². The Morgan fingerprint density at radius 1 is 0.410 bits per heavy atom. The van der Waals surface area contributed by atoms with Crippen LogP contribution in [0.3, 0.4) is 0 Å². The molecule has 1 heterocycles. The van der Waals surface area contributed by atoms with Crippen molar-refractivity contribution in [2.45, 2.75) is 59.7 Å². The monoisotopic (exact) mass is 561 g/mol. The Morgan fingerprint density at radius 3 is 0.692 bits per heavy atom.